The fourth-order valence-corrected chi connectivity index (χ4v) is 2.91. The number of imidazole rings is 1. The van der Waals surface area contributed by atoms with E-state index in [0.29, 0.717) is 36.0 Å². The van der Waals surface area contributed by atoms with Crippen molar-refractivity contribution in [2.75, 3.05) is 6.54 Å². The van der Waals surface area contributed by atoms with Gasteiger partial charge in [-0.3, -0.25) is 4.79 Å². The lowest BCUT2D eigenvalue weighted by molar-refractivity contribution is 0.0752. The molecule has 3 rings (SSSR count). The first-order valence-corrected chi connectivity index (χ1v) is 9.18. The Kier molecular flexibility index (Phi) is 6.14. The molecule has 1 heterocycles. The van der Waals surface area contributed by atoms with Gasteiger partial charge in [0.2, 0.25) is 0 Å². The van der Waals surface area contributed by atoms with E-state index in [1.54, 1.807) is 35.4 Å². The number of nitrogens with zero attached hydrogens (tertiary/aromatic N) is 3. The summed E-state index contributed by atoms with van der Waals surface area (Å²) in [5.74, 6) is 1.50. The molecule has 0 spiro atoms. The Morgan fingerprint density at radius 2 is 1.93 bits per heavy atom. The number of hydrogen-bond acceptors (Lipinski definition) is 3. The summed E-state index contributed by atoms with van der Waals surface area (Å²) in [5.41, 5.74) is 1.55. The van der Waals surface area contributed by atoms with E-state index in [1.807, 2.05) is 49.0 Å². The monoisotopic (exact) mass is 383 g/mol. The van der Waals surface area contributed by atoms with Crippen LogP contribution in [-0.4, -0.2) is 26.9 Å². The molecule has 0 N–H and O–H groups in total. The Hall–Kier alpha value is -2.79. The van der Waals surface area contributed by atoms with Crippen LogP contribution in [0.3, 0.4) is 0 Å². The largest absolute Gasteiger partial charge is 0.486 e. The van der Waals surface area contributed by atoms with Gasteiger partial charge in [0, 0.05) is 43.1 Å². The predicted octanol–water partition coefficient (Wildman–Crippen LogP) is 4.31. The number of carbonyl (C=O) groups excluding carboxylic acids is 1. The zero-order valence-electron chi connectivity index (χ0n) is 15.4. The smallest absolute Gasteiger partial charge is 0.254 e. The Balaban J connectivity index is 1.65. The van der Waals surface area contributed by atoms with E-state index in [-0.39, 0.29) is 5.91 Å². The molecule has 140 valence electrons. The first kappa shape index (κ1) is 19.0. The minimum Gasteiger partial charge on any atom is -0.486 e. The highest BCUT2D eigenvalue weighted by Gasteiger charge is 2.16. The van der Waals surface area contributed by atoms with Crippen molar-refractivity contribution in [1.29, 1.82) is 0 Å². The third kappa shape index (κ3) is 4.68. The molecular formula is C21H22ClN3O2. The summed E-state index contributed by atoms with van der Waals surface area (Å²) in [7, 11) is 1.92. The van der Waals surface area contributed by atoms with Crippen molar-refractivity contribution in [3.05, 3.63) is 82.9 Å². The van der Waals surface area contributed by atoms with Crippen LogP contribution in [0, 0.1) is 0 Å². The third-order valence-corrected chi connectivity index (χ3v) is 4.75. The number of ether oxygens (including phenoxy) is 1. The fraction of sp³-hybridized carbons (Fsp3) is 0.238. The molecule has 1 amide bonds. The normalized spacial score (nSPS) is 10.6. The van der Waals surface area contributed by atoms with Crippen molar-refractivity contribution in [2.24, 2.45) is 7.05 Å². The molecule has 0 unspecified atom stereocenters. The van der Waals surface area contributed by atoms with E-state index < -0.39 is 0 Å². The highest BCUT2D eigenvalue weighted by atomic mass is 35.5. The van der Waals surface area contributed by atoms with Crippen LogP contribution >= 0.6 is 11.6 Å². The van der Waals surface area contributed by atoms with E-state index in [9.17, 15) is 4.79 Å². The van der Waals surface area contributed by atoms with Crippen LogP contribution in [0.4, 0.5) is 0 Å². The van der Waals surface area contributed by atoms with Crippen molar-refractivity contribution in [3.63, 3.8) is 0 Å². The van der Waals surface area contributed by atoms with Gasteiger partial charge >= 0.3 is 0 Å². The van der Waals surface area contributed by atoms with Crippen molar-refractivity contribution in [3.8, 4) is 5.75 Å². The molecule has 1 aromatic heterocycles. The zero-order chi connectivity index (χ0) is 19.2. The molecule has 0 aliphatic rings. The number of aromatic nitrogens is 2. The number of rotatable bonds is 7. The van der Waals surface area contributed by atoms with E-state index in [1.165, 1.54) is 0 Å². The second kappa shape index (κ2) is 8.73. The van der Waals surface area contributed by atoms with Crippen LogP contribution in [0.25, 0.3) is 0 Å². The summed E-state index contributed by atoms with van der Waals surface area (Å²) in [6, 6.07) is 14.8. The summed E-state index contributed by atoms with van der Waals surface area (Å²) in [5, 5.41) is 0.668. The quantitative estimate of drug-likeness (QED) is 0.610. The molecule has 3 aromatic rings. The molecule has 6 heteroatoms. The first-order chi connectivity index (χ1) is 13.1. The molecule has 0 fully saturated rings. The molecule has 0 aliphatic heterocycles. The Bertz CT molecular complexity index is 906. The molecule has 0 atom stereocenters. The molecule has 0 saturated carbocycles. The standard InChI is InChI=1S/C21H22ClN3O2/c1-3-25(14-17-6-4-5-7-19(17)22)21(26)16-8-10-18(11-9-16)27-15-20-23-12-13-24(20)2/h4-13H,3,14-15H2,1-2H3. The molecular weight excluding hydrogens is 362 g/mol. The van der Waals surface area contributed by atoms with Crippen molar-refractivity contribution in [1.82, 2.24) is 14.5 Å². The average Bonchev–Trinajstić information content (AvgIpc) is 3.10. The SMILES string of the molecule is CCN(Cc1ccccc1Cl)C(=O)c1ccc(OCc2nccn2C)cc1. The maximum absolute atomic E-state index is 12.8. The van der Waals surface area contributed by atoms with E-state index in [4.69, 9.17) is 16.3 Å². The maximum Gasteiger partial charge on any atom is 0.254 e. The van der Waals surface area contributed by atoms with Crippen molar-refractivity contribution in [2.45, 2.75) is 20.1 Å². The van der Waals surface area contributed by atoms with Crippen LogP contribution in [-0.2, 0) is 20.2 Å². The second-order valence-corrected chi connectivity index (χ2v) is 6.59. The number of hydrogen-bond donors (Lipinski definition) is 0. The lowest BCUT2D eigenvalue weighted by Gasteiger charge is -2.22. The van der Waals surface area contributed by atoms with Crippen LogP contribution in [0.15, 0.2) is 60.9 Å². The molecule has 2 aromatic carbocycles. The zero-order valence-corrected chi connectivity index (χ0v) is 16.2. The van der Waals surface area contributed by atoms with E-state index >= 15 is 0 Å². The molecule has 27 heavy (non-hydrogen) atoms. The van der Waals surface area contributed by atoms with Gasteiger partial charge in [-0.2, -0.15) is 0 Å². The van der Waals surface area contributed by atoms with Gasteiger partial charge in [0.25, 0.3) is 5.91 Å². The highest BCUT2D eigenvalue weighted by Crippen LogP contribution is 2.19. The summed E-state index contributed by atoms with van der Waals surface area (Å²) in [4.78, 5) is 18.8. The Labute approximate surface area is 164 Å². The maximum atomic E-state index is 12.8. The molecule has 0 radical (unpaired) electrons. The Morgan fingerprint density at radius 1 is 1.19 bits per heavy atom. The fourth-order valence-electron chi connectivity index (χ4n) is 2.72. The van der Waals surface area contributed by atoms with E-state index in [0.717, 1.165) is 11.4 Å². The highest BCUT2D eigenvalue weighted by molar-refractivity contribution is 6.31. The summed E-state index contributed by atoms with van der Waals surface area (Å²) in [6.07, 6.45) is 3.61. The van der Waals surface area contributed by atoms with Gasteiger partial charge in [0.1, 0.15) is 18.2 Å². The first-order valence-electron chi connectivity index (χ1n) is 8.80. The van der Waals surface area contributed by atoms with Crippen LogP contribution in [0.1, 0.15) is 28.7 Å². The average molecular weight is 384 g/mol. The van der Waals surface area contributed by atoms with Gasteiger partial charge in [-0.15, -0.1) is 0 Å². The number of benzene rings is 2. The van der Waals surface area contributed by atoms with Gasteiger partial charge in [-0.1, -0.05) is 29.8 Å². The number of halogens is 1. The number of carbonyl (C=O) groups is 1. The summed E-state index contributed by atoms with van der Waals surface area (Å²) < 4.78 is 7.65. The summed E-state index contributed by atoms with van der Waals surface area (Å²) >= 11 is 6.22. The lowest BCUT2D eigenvalue weighted by Crippen LogP contribution is -2.30. The topological polar surface area (TPSA) is 47.4 Å². The van der Waals surface area contributed by atoms with E-state index in [2.05, 4.69) is 4.98 Å². The minimum absolute atomic E-state index is 0.0342. The Morgan fingerprint density at radius 3 is 2.56 bits per heavy atom. The molecule has 0 saturated heterocycles. The van der Waals surface area contributed by atoms with Crippen molar-refractivity contribution >= 4 is 17.5 Å². The predicted molar refractivity (Wildman–Crippen MR) is 106 cm³/mol. The minimum atomic E-state index is -0.0342. The van der Waals surface area contributed by atoms with Crippen LogP contribution in [0.2, 0.25) is 5.02 Å². The van der Waals surface area contributed by atoms with Gasteiger partial charge < -0.3 is 14.2 Å². The van der Waals surface area contributed by atoms with Crippen molar-refractivity contribution < 1.29 is 9.53 Å². The van der Waals surface area contributed by atoms with Crippen LogP contribution < -0.4 is 4.74 Å². The van der Waals surface area contributed by atoms with Gasteiger partial charge in [0.05, 0.1) is 0 Å². The molecule has 0 bridgehead atoms. The van der Waals surface area contributed by atoms with Gasteiger partial charge in [-0.25, -0.2) is 4.98 Å². The lowest BCUT2D eigenvalue weighted by atomic mass is 10.1. The summed E-state index contributed by atoms with van der Waals surface area (Å²) in [6.45, 7) is 3.41. The molecule has 5 nitrogen and oxygen atoms in total. The number of amides is 1. The third-order valence-electron chi connectivity index (χ3n) is 4.38. The van der Waals surface area contributed by atoms with Gasteiger partial charge in [0.15, 0.2) is 0 Å². The molecule has 0 aliphatic carbocycles. The van der Waals surface area contributed by atoms with Crippen LogP contribution in [0.5, 0.6) is 5.75 Å². The number of aryl methyl sites for hydroxylation is 1. The van der Waals surface area contributed by atoms with Gasteiger partial charge in [-0.05, 0) is 42.8 Å². The second-order valence-electron chi connectivity index (χ2n) is 6.18.